The Morgan fingerprint density at radius 1 is 1.44 bits per heavy atom. The molecule has 0 unspecified atom stereocenters. The molecule has 0 aromatic heterocycles. The van der Waals surface area contributed by atoms with Gasteiger partial charge in [-0.15, -0.1) is 24.8 Å². The van der Waals surface area contributed by atoms with Gasteiger partial charge in [-0.1, -0.05) is 0 Å². The van der Waals surface area contributed by atoms with Crippen LogP contribution in [-0.2, 0) is 0 Å². The van der Waals surface area contributed by atoms with Gasteiger partial charge in [0.25, 0.3) is 0 Å². The van der Waals surface area contributed by atoms with Gasteiger partial charge in [-0.25, -0.2) is 4.79 Å². The van der Waals surface area contributed by atoms with Crippen molar-refractivity contribution in [3.05, 3.63) is 0 Å². The van der Waals surface area contributed by atoms with Crippen molar-refractivity contribution in [3.8, 4) is 0 Å². The molecule has 0 aliphatic rings. The number of nitrogens with one attached hydrogen (secondary N) is 1. The van der Waals surface area contributed by atoms with Crippen molar-refractivity contribution in [2.45, 2.75) is 19.9 Å². The van der Waals surface area contributed by atoms with Gasteiger partial charge in [0.15, 0.2) is 0 Å². The molecule has 3 N–H and O–H groups in total. The number of carbonyl (C=O) groups excluding carboxylic acids is 1. The van der Waals surface area contributed by atoms with Crippen LogP contribution >= 0.6 is 24.8 Å². The molecule has 0 radical (unpaired) electrons. The number of rotatable bonds is 1. The Morgan fingerprint density at radius 3 is 1.78 bits per heavy atom. The van der Waals surface area contributed by atoms with E-state index in [1.807, 2.05) is 13.8 Å². The minimum Gasteiger partial charge on any atom is -0.352 e. The predicted octanol–water partition coefficient (Wildman–Crippen LogP) is 0.907. The Morgan fingerprint density at radius 2 is 1.78 bits per heavy atom. The van der Waals surface area contributed by atoms with Gasteiger partial charge in [0.2, 0.25) is 0 Å². The van der Waals surface area contributed by atoms with E-state index in [4.69, 9.17) is 5.73 Å². The summed E-state index contributed by atoms with van der Waals surface area (Å²) in [6.45, 7) is 3.70. The third-order valence-electron chi connectivity index (χ3n) is 0.431. The average molecular weight is 175 g/mol. The Bertz CT molecular complexity index is 77.0. The van der Waals surface area contributed by atoms with Crippen LogP contribution in [0.25, 0.3) is 0 Å². The molecule has 0 rings (SSSR count). The first-order chi connectivity index (χ1) is 3.13. The lowest BCUT2D eigenvalue weighted by Crippen LogP contribution is -2.34. The zero-order valence-corrected chi connectivity index (χ0v) is 7.01. The molecule has 0 aromatic carbocycles. The van der Waals surface area contributed by atoms with Crippen LogP contribution in [0.15, 0.2) is 0 Å². The van der Waals surface area contributed by atoms with Gasteiger partial charge in [-0.3, -0.25) is 0 Å². The first-order valence-electron chi connectivity index (χ1n) is 2.19. The maximum Gasteiger partial charge on any atom is 0.312 e. The van der Waals surface area contributed by atoms with E-state index in [2.05, 4.69) is 5.32 Å². The minimum absolute atomic E-state index is 0. The van der Waals surface area contributed by atoms with Crippen LogP contribution in [0, 0.1) is 0 Å². The molecule has 0 aliphatic carbocycles. The summed E-state index contributed by atoms with van der Waals surface area (Å²) in [5, 5.41) is 2.44. The Kier molecular flexibility index (Phi) is 13.9. The number of nitrogens with two attached hydrogens (primary N) is 1. The van der Waals surface area contributed by atoms with Crippen molar-refractivity contribution < 1.29 is 4.79 Å². The van der Waals surface area contributed by atoms with Gasteiger partial charge in [0.05, 0.1) is 0 Å². The summed E-state index contributed by atoms with van der Waals surface area (Å²) in [5.41, 5.74) is 4.74. The van der Waals surface area contributed by atoms with Crippen LogP contribution < -0.4 is 11.1 Å². The first-order valence-corrected chi connectivity index (χ1v) is 2.19. The fourth-order valence-electron chi connectivity index (χ4n) is 0.285. The molecule has 0 fully saturated rings. The average Bonchev–Trinajstić information content (AvgIpc) is 1.27. The quantitative estimate of drug-likeness (QED) is 0.611. The van der Waals surface area contributed by atoms with E-state index in [0.717, 1.165) is 0 Å². The van der Waals surface area contributed by atoms with Crippen molar-refractivity contribution in [1.29, 1.82) is 0 Å². The normalized spacial score (nSPS) is 7.00. The summed E-state index contributed by atoms with van der Waals surface area (Å²) in [4.78, 5) is 9.92. The van der Waals surface area contributed by atoms with E-state index in [9.17, 15) is 4.79 Å². The third kappa shape index (κ3) is 18.1. The second-order valence-electron chi connectivity index (χ2n) is 1.66. The van der Waals surface area contributed by atoms with E-state index >= 15 is 0 Å². The zero-order valence-electron chi connectivity index (χ0n) is 5.38. The summed E-state index contributed by atoms with van der Waals surface area (Å²) in [6, 6.07) is -0.312. The number of carbonyl (C=O) groups is 1. The van der Waals surface area contributed by atoms with Gasteiger partial charge >= 0.3 is 6.03 Å². The number of amides is 2. The zero-order chi connectivity index (χ0) is 5.86. The van der Waals surface area contributed by atoms with E-state index in [-0.39, 0.29) is 30.9 Å². The van der Waals surface area contributed by atoms with Crippen LogP contribution in [0.1, 0.15) is 13.8 Å². The van der Waals surface area contributed by atoms with E-state index < -0.39 is 6.03 Å². The molecule has 0 saturated heterocycles. The maximum absolute atomic E-state index is 9.92. The van der Waals surface area contributed by atoms with Gasteiger partial charge in [-0.05, 0) is 13.8 Å². The van der Waals surface area contributed by atoms with Crippen LogP contribution in [0.3, 0.4) is 0 Å². The maximum atomic E-state index is 9.92. The molecule has 2 amide bonds. The lowest BCUT2D eigenvalue weighted by molar-refractivity contribution is 0.247. The Labute approximate surface area is 67.2 Å². The molecule has 9 heavy (non-hydrogen) atoms. The lowest BCUT2D eigenvalue weighted by atomic mass is 10.4. The molecule has 58 valence electrons. The van der Waals surface area contributed by atoms with Crippen molar-refractivity contribution in [1.82, 2.24) is 5.32 Å². The monoisotopic (exact) mass is 174 g/mol. The van der Waals surface area contributed by atoms with Crippen molar-refractivity contribution in [2.75, 3.05) is 0 Å². The van der Waals surface area contributed by atoms with Crippen molar-refractivity contribution >= 4 is 30.8 Å². The van der Waals surface area contributed by atoms with E-state index in [1.54, 1.807) is 0 Å². The number of primary amides is 1. The molecular weight excluding hydrogens is 163 g/mol. The van der Waals surface area contributed by atoms with E-state index in [0.29, 0.717) is 0 Å². The van der Waals surface area contributed by atoms with Gasteiger partial charge < -0.3 is 11.1 Å². The summed E-state index contributed by atoms with van der Waals surface area (Å²) >= 11 is 0. The van der Waals surface area contributed by atoms with Crippen molar-refractivity contribution in [2.24, 2.45) is 5.73 Å². The van der Waals surface area contributed by atoms with Crippen LogP contribution in [0.4, 0.5) is 4.79 Å². The van der Waals surface area contributed by atoms with E-state index in [1.165, 1.54) is 0 Å². The second kappa shape index (κ2) is 7.85. The fraction of sp³-hybridized carbons (Fsp3) is 0.750. The van der Waals surface area contributed by atoms with Gasteiger partial charge in [-0.2, -0.15) is 0 Å². The molecule has 0 spiro atoms. The van der Waals surface area contributed by atoms with Gasteiger partial charge in [0, 0.05) is 6.04 Å². The molecule has 0 atom stereocenters. The molecule has 0 bridgehead atoms. The number of halogens is 2. The summed E-state index contributed by atoms with van der Waals surface area (Å²) < 4.78 is 0. The highest BCUT2D eigenvalue weighted by Gasteiger charge is 1.91. The minimum atomic E-state index is -0.463. The highest BCUT2D eigenvalue weighted by atomic mass is 35.5. The molecule has 0 saturated carbocycles. The molecule has 0 aliphatic heterocycles. The summed E-state index contributed by atoms with van der Waals surface area (Å²) in [5.74, 6) is 0. The molecule has 0 heterocycles. The molecule has 0 aromatic rings. The SMILES string of the molecule is CC(C)NC(N)=O.Cl.Cl. The smallest absolute Gasteiger partial charge is 0.312 e. The molecule has 3 nitrogen and oxygen atoms in total. The molecular formula is C4H12Cl2N2O. The summed E-state index contributed by atoms with van der Waals surface area (Å²) in [7, 11) is 0. The predicted molar refractivity (Wildman–Crippen MR) is 42.4 cm³/mol. The third-order valence-corrected chi connectivity index (χ3v) is 0.431. The number of hydrogen-bond acceptors (Lipinski definition) is 1. The standard InChI is InChI=1S/C4H10N2O.2ClH/c1-3(2)6-4(5)7;;/h3H,1-2H3,(H3,5,6,7);2*1H. The Hall–Kier alpha value is -0.150. The lowest BCUT2D eigenvalue weighted by Gasteiger charge is -2.01. The molecule has 5 heteroatoms. The van der Waals surface area contributed by atoms with Crippen LogP contribution in [0.5, 0.6) is 0 Å². The number of hydrogen-bond donors (Lipinski definition) is 2. The van der Waals surface area contributed by atoms with Crippen LogP contribution in [-0.4, -0.2) is 12.1 Å². The first kappa shape index (κ1) is 15.9. The fourth-order valence-corrected chi connectivity index (χ4v) is 0.285. The van der Waals surface area contributed by atoms with Crippen LogP contribution in [0.2, 0.25) is 0 Å². The highest BCUT2D eigenvalue weighted by molar-refractivity contribution is 5.85. The van der Waals surface area contributed by atoms with Gasteiger partial charge in [0.1, 0.15) is 0 Å². The largest absolute Gasteiger partial charge is 0.352 e. The highest BCUT2D eigenvalue weighted by Crippen LogP contribution is 1.71. The second-order valence-corrected chi connectivity index (χ2v) is 1.66. The summed E-state index contributed by atoms with van der Waals surface area (Å²) in [6.07, 6.45) is 0. The van der Waals surface area contributed by atoms with Crippen molar-refractivity contribution in [3.63, 3.8) is 0 Å². The number of urea groups is 1. The Balaban J connectivity index is -0.000000180. The topological polar surface area (TPSA) is 55.1 Å².